The lowest BCUT2D eigenvalue weighted by Gasteiger charge is -2.28. The Balaban J connectivity index is 0.000000461. The van der Waals surface area contributed by atoms with Crippen molar-refractivity contribution in [3.63, 3.8) is 0 Å². The van der Waals surface area contributed by atoms with Gasteiger partial charge in [0.15, 0.2) is 0 Å². The van der Waals surface area contributed by atoms with Gasteiger partial charge in [0, 0.05) is 13.7 Å². The molecule has 6 nitrogen and oxygen atoms in total. The van der Waals surface area contributed by atoms with E-state index < -0.39 is 15.7 Å². The van der Waals surface area contributed by atoms with E-state index >= 15 is 0 Å². The van der Waals surface area contributed by atoms with Gasteiger partial charge in [-0.25, -0.2) is 0 Å². The van der Waals surface area contributed by atoms with Gasteiger partial charge in [-0.2, -0.15) is 8.42 Å². The van der Waals surface area contributed by atoms with E-state index in [2.05, 4.69) is 59.9 Å². The van der Waals surface area contributed by atoms with Crippen molar-refractivity contribution in [2.75, 3.05) is 26.6 Å². The summed E-state index contributed by atoms with van der Waals surface area (Å²) < 4.78 is 31.1. The molecule has 160 valence electrons. The summed E-state index contributed by atoms with van der Waals surface area (Å²) in [5, 5.41) is 20.8. The zero-order chi connectivity index (χ0) is 21.9. The first-order chi connectivity index (χ1) is 14.1. The molecule has 0 spiro atoms. The third-order valence-corrected chi connectivity index (χ3v) is 5.05. The molecule has 0 fully saturated rings. The zero-order valence-electron chi connectivity index (χ0n) is 17.3. The smallest absolute Gasteiger partial charge is 0.261 e. The molecule has 0 bridgehead atoms. The lowest BCUT2D eigenvalue weighted by atomic mass is 9.93. The van der Waals surface area contributed by atoms with Gasteiger partial charge in [-0.15, -0.1) is 0 Å². The summed E-state index contributed by atoms with van der Waals surface area (Å²) >= 11 is 0. The fraction of sp³-hybridized carbons (Fsp3) is 0.304. The van der Waals surface area contributed by atoms with Crippen molar-refractivity contribution in [3.8, 4) is 0 Å². The van der Waals surface area contributed by atoms with Gasteiger partial charge in [-0.1, -0.05) is 42.5 Å². The van der Waals surface area contributed by atoms with Crippen molar-refractivity contribution < 1.29 is 22.8 Å². The average Bonchev–Trinajstić information content (AvgIpc) is 2.69. The van der Waals surface area contributed by atoms with Crippen molar-refractivity contribution in [1.82, 2.24) is 5.32 Å². The van der Waals surface area contributed by atoms with Crippen LogP contribution in [-0.4, -0.2) is 50.2 Å². The highest BCUT2D eigenvalue weighted by atomic mass is 32.2. The van der Waals surface area contributed by atoms with Gasteiger partial charge in [0.25, 0.3) is 10.1 Å². The summed E-state index contributed by atoms with van der Waals surface area (Å²) in [4.78, 5) is 0. The first kappa shape index (κ1) is 22.4. The zero-order valence-corrected chi connectivity index (χ0v) is 18.2. The number of ether oxygens (including phenoxy) is 1. The Morgan fingerprint density at radius 3 is 1.90 bits per heavy atom. The summed E-state index contributed by atoms with van der Waals surface area (Å²) in [6.07, 6.45) is 0.715. The molecule has 3 N–H and O–H groups in total. The molecule has 0 heterocycles. The van der Waals surface area contributed by atoms with Crippen LogP contribution in [0.1, 0.15) is 12.5 Å². The summed E-state index contributed by atoms with van der Waals surface area (Å²) in [6, 6.07) is 19.7. The molecular weight excluding hydrogens is 402 g/mol. The molecule has 1 unspecified atom stereocenters. The normalized spacial score (nSPS) is 14.0. The fourth-order valence-electron chi connectivity index (χ4n) is 3.71. The van der Waals surface area contributed by atoms with E-state index in [9.17, 15) is 13.5 Å². The first-order valence-electron chi connectivity index (χ1n) is 9.57. The van der Waals surface area contributed by atoms with Crippen molar-refractivity contribution >= 4 is 42.4 Å². The molecule has 0 aliphatic rings. The molecule has 1 atom stereocenters. The minimum atomic E-state index is -3.67. The Morgan fingerprint density at radius 2 is 1.43 bits per heavy atom. The molecule has 0 radical (unpaired) electrons. The predicted octanol–water partition coefficient (Wildman–Crippen LogP) is 3.58. The Hall–Kier alpha value is -2.29. The summed E-state index contributed by atoms with van der Waals surface area (Å²) in [5.41, 5.74) is 0.773. The number of nitrogens with one attached hydrogen (secondary N) is 1. The van der Waals surface area contributed by atoms with Gasteiger partial charge in [0.05, 0.1) is 25.0 Å². The van der Waals surface area contributed by atoms with Crippen molar-refractivity contribution in [2.45, 2.75) is 19.0 Å². The minimum absolute atomic E-state index is 0.0369. The number of aliphatic hydroxyl groups is 1. The molecule has 0 saturated carbocycles. The summed E-state index contributed by atoms with van der Waals surface area (Å²) in [5.74, 6) is 0. The van der Waals surface area contributed by atoms with Gasteiger partial charge >= 0.3 is 0 Å². The second-order valence-corrected chi connectivity index (χ2v) is 9.33. The van der Waals surface area contributed by atoms with E-state index in [-0.39, 0.29) is 6.61 Å². The SMILES string of the molecule is COCC(C)(CO)NCc1cc2ccc3cccc4ccc(c1)c2c34.CS(=O)(=O)O. The van der Waals surface area contributed by atoms with E-state index in [1.807, 2.05) is 6.92 Å². The van der Waals surface area contributed by atoms with Crippen LogP contribution in [0.25, 0.3) is 32.3 Å². The molecule has 0 aliphatic heterocycles. The predicted molar refractivity (Wildman–Crippen MR) is 122 cm³/mol. The Kier molecular flexibility index (Phi) is 6.59. The van der Waals surface area contributed by atoms with Crippen LogP contribution in [0, 0.1) is 0 Å². The largest absolute Gasteiger partial charge is 0.394 e. The van der Waals surface area contributed by atoms with Gasteiger partial charge < -0.3 is 15.2 Å². The molecule has 0 aromatic heterocycles. The van der Waals surface area contributed by atoms with Crippen molar-refractivity contribution in [1.29, 1.82) is 0 Å². The molecule has 4 rings (SSSR count). The number of rotatable bonds is 6. The van der Waals surface area contributed by atoms with E-state index in [1.165, 1.54) is 37.9 Å². The highest BCUT2D eigenvalue weighted by Crippen LogP contribution is 2.35. The van der Waals surface area contributed by atoms with Gasteiger partial charge in [-0.05, 0) is 56.9 Å². The van der Waals surface area contributed by atoms with E-state index in [1.54, 1.807) is 7.11 Å². The fourth-order valence-corrected chi connectivity index (χ4v) is 3.71. The highest BCUT2D eigenvalue weighted by Gasteiger charge is 2.22. The molecule has 4 aromatic rings. The van der Waals surface area contributed by atoms with Gasteiger partial charge in [0.1, 0.15) is 0 Å². The number of methoxy groups -OCH3 is 1. The summed E-state index contributed by atoms with van der Waals surface area (Å²) in [7, 11) is -2.01. The second-order valence-electron chi connectivity index (χ2n) is 7.87. The summed E-state index contributed by atoms with van der Waals surface area (Å²) in [6.45, 7) is 3.17. The van der Waals surface area contributed by atoms with Crippen LogP contribution in [-0.2, 0) is 21.4 Å². The average molecular weight is 430 g/mol. The van der Waals surface area contributed by atoms with Crippen molar-refractivity contribution in [2.24, 2.45) is 0 Å². The lowest BCUT2D eigenvalue weighted by molar-refractivity contribution is 0.0723. The van der Waals surface area contributed by atoms with Crippen LogP contribution in [0.2, 0.25) is 0 Å². The number of hydrogen-bond donors (Lipinski definition) is 3. The molecule has 0 saturated heterocycles. The van der Waals surface area contributed by atoms with Crippen LogP contribution in [0.5, 0.6) is 0 Å². The second kappa shape index (κ2) is 8.83. The Labute approximate surface area is 176 Å². The standard InChI is InChI=1S/C22H23NO2.CH4O3S/c1-22(13-24,14-25-2)23-12-15-10-18-8-6-16-4-3-5-17-7-9-19(11-15)21(18)20(16)17;1-5(2,3)4/h3-11,23-24H,12-14H2,1-2H3;1H3,(H,2,3,4). The van der Waals surface area contributed by atoms with Crippen LogP contribution < -0.4 is 5.32 Å². The Bertz CT molecular complexity index is 1180. The van der Waals surface area contributed by atoms with E-state index in [0.29, 0.717) is 19.4 Å². The molecule has 30 heavy (non-hydrogen) atoms. The monoisotopic (exact) mass is 429 g/mol. The molecule has 0 amide bonds. The molecule has 0 aliphatic carbocycles. The maximum absolute atomic E-state index is 9.64. The Morgan fingerprint density at radius 1 is 0.967 bits per heavy atom. The van der Waals surface area contributed by atoms with Crippen LogP contribution in [0.3, 0.4) is 0 Å². The highest BCUT2D eigenvalue weighted by molar-refractivity contribution is 7.85. The van der Waals surface area contributed by atoms with E-state index in [4.69, 9.17) is 9.29 Å². The van der Waals surface area contributed by atoms with E-state index in [0.717, 1.165) is 0 Å². The topological polar surface area (TPSA) is 95.9 Å². The maximum Gasteiger partial charge on any atom is 0.261 e. The van der Waals surface area contributed by atoms with Gasteiger partial charge in [-0.3, -0.25) is 4.55 Å². The third-order valence-electron chi connectivity index (χ3n) is 5.05. The third kappa shape index (κ3) is 5.24. The number of hydrogen-bond acceptors (Lipinski definition) is 5. The quantitative estimate of drug-likeness (QED) is 0.320. The maximum atomic E-state index is 9.64. The molecular formula is C23H27NO5S. The number of aliphatic hydroxyl groups excluding tert-OH is 1. The molecule has 4 aromatic carbocycles. The minimum Gasteiger partial charge on any atom is -0.394 e. The van der Waals surface area contributed by atoms with Crippen molar-refractivity contribution in [3.05, 3.63) is 60.2 Å². The van der Waals surface area contributed by atoms with Gasteiger partial charge in [0.2, 0.25) is 0 Å². The van der Waals surface area contributed by atoms with Crippen LogP contribution in [0.4, 0.5) is 0 Å². The lowest BCUT2D eigenvalue weighted by Crippen LogP contribution is -2.49. The first-order valence-corrected chi connectivity index (χ1v) is 11.4. The number of benzene rings is 4. The molecule has 7 heteroatoms. The van der Waals surface area contributed by atoms with Crippen LogP contribution in [0.15, 0.2) is 54.6 Å². The van der Waals surface area contributed by atoms with Crippen LogP contribution >= 0.6 is 0 Å².